The third-order valence-corrected chi connectivity index (χ3v) is 5.29. The summed E-state index contributed by atoms with van der Waals surface area (Å²) in [5.74, 6) is 0.220. The number of hydrogen-bond donors (Lipinski definition) is 3. The molecule has 0 bridgehead atoms. The minimum Gasteiger partial charge on any atom is -0.379 e. The topological polar surface area (TPSA) is 83.3 Å². The van der Waals surface area contributed by atoms with Gasteiger partial charge in [0.2, 0.25) is 0 Å². The van der Waals surface area contributed by atoms with Crippen LogP contribution < -0.4 is 11.1 Å². The lowest BCUT2D eigenvalue weighted by Gasteiger charge is -2.33. The summed E-state index contributed by atoms with van der Waals surface area (Å²) in [5, 5.41) is 3.30. The molecule has 1 amide bonds. The third-order valence-electron chi connectivity index (χ3n) is 4.49. The number of amides is 1. The van der Waals surface area contributed by atoms with E-state index in [0.29, 0.717) is 34.8 Å². The summed E-state index contributed by atoms with van der Waals surface area (Å²) in [5.41, 5.74) is 7.66. The van der Waals surface area contributed by atoms with E-state index in [1.807, 2.05) is 13.8 Å². The molecule has 0 saturated carbocycles. The number of aromatic nitrogens is 1. The zero-order chi connectivity index (χ0) is 18.0. The molecule has 1 aromatic carbocycles. The van der Waals surface area contributed by atoms with Crippen molar-refractivity contribution in [2.24, 2.45) is 10.7 Å². The fraction of sp³-hybridized carbons (Fsp3) is 0.333. The molecule has 0 aliphatic carbocycles. The lowest BCUT2D eigenvalue weighted by molar-refractivity contribution is 0.102. The van der Waals surface area contributed by atoms with Crippen LogP contribution >= 0.6 is 11.8 Å². The predicted molar refractivity (Wildman–Crippen MR) is 101 cm³/mol. The minimum atomic E-state index is -0.676. The molecular weight excluding hydrogens is 339 g/mol. The van der Waals surface area contributed by atoms with Gasteiger partial charge in [-0.1, -0.05) is 18.7 Å². The highest BCUT2D eigenvalue weighted by molar-refractivity contribution is 8.13. The standard InChI is InChI=1S/C18H21FN4OS/c1-3-18(6-7-25-17(20)23-18)14-9-13(4-5-15(14)19)22-16(24)12-8-11(2)21-10-12/h4-5,8-10,21H,3,6-7H2,1-2H3,(H2,20,23)(H,22,24)/t18-/m0/s1. The van der Waals surface area contributed by atoms with Gasteiger partial charge in [0.05, 0.1) is 11.1 Å². The number of benzene rings is 1. The van der Waals surface area contributed by atoms with Crippen LogP contribution in [-0.2, 0) is 5.54 Å². The number of aliphatic imine (C=N–C) groups is 1. The van der Waals surface area contributed by atoms with Crippen molar-refractivity contribution in [1.82, 2.24) is 4.98 Å². The van der Waals surface area contributed by atoms with Gasteiger partial charge in [0.25, 0.3) is 5.91 Å². The fourth-order valence-corrected chi connectivity index (χ4v) is 3.96. The summed E-state index contributed by atoms with van der Waals surface area (Å²) >= 11 is 1.48. The maximum absolute atomic E-state index is 14.5. The van der Waals surface area contributed by atoms with Gasteiger partial charge in [-0.05, 0) is 44.0 Å². The molecule has 1 aliphatic heterocycles. The van der Waals surface area contributed by atoms with Crippen LogP contribution in [0.1, 0.15) is 41.4 Å². The number of nitrogens with one attached hydrogen (secondary N) is 2. The molecule has 0 radical (unpaired) electrons. The van der Waals surface area contributed by atoms with Crippen molar-refractivity contribution >= 4 is 28.5 Å². The first kappa shape index (κ1) is 17.5. The molecule has 0 saturated heterocycles. The summed E-state index contributed by atoms with van der Waals surface area (Å²) in [7, 11) is 0. The Morgan fingerprint density at radius 1 is 1.48 bits per heavy atom. The minimum absolute atomic E-state index is 0.241. The molecule has 3 rings (SSSR count). The Kier molecular flexibility index (Phi) is 4.85. The summed E-state index contributed by atoms with van der Waals surface area (Å²) in [4.78, 5) is 19.8. The number of halogens is 1. The monoisotopic (exact) mass is 360 g/mol. The number of anilines is 1. The van der Waals surface area contributed by atoms with Crippen LogP contribution in [-0.4, -0.2) is 21.8 Å². The molecule has 1 atom stereocenters. The zero-order valence-electron chi connectivity index (χ0n) is 14.2. The number of rotatable bonds is 4. The molecule has 132 valence electrons. The molecule has 2 heterocycles. The number of carbonyl (C=O) groups is 1. The lowest BCUT2D eigenvalue weighted by Crippen LogP contribution is -2.32. The van der Waals surface area contributed by atoms with Crippen LogP contribution in [0.2, 0.25) is 0 Å². The smallest absolute Gasteiger partial charge is 0.257 e. The summed E-state index contributed by atoms with van der Waals surface area (Å²) in [6.07, 6.45) is 2.99. The van der Waals surface area contributed by atoms with E-state index in [-0.39, 0.29) is 11.7 Å². The van der Waals surface area contributed by atoms with Crippen LogP contribution in [0.15, 0.2) is 35.5 Å². The van der Waals surface area contributed by atoms with Crippen molar-refractivity contribution in [1.29, 1.82) is 0 Å². The fourth-order valence-electron chi connectivity index (χ4n) is 3.07. The average Bonchev–Trinajstić information content (AvgIpc) is 3.03. The second-order valence-corrected chi connectivity index (χ2v) is 7.27. The van der Waals surface area contributed by atoms with Gasteiger partial charge < -0.3 is 16.0 Å². The Bertz CT molecular complexity index is 832. The average molecular weight is 360 g/mol. The first-order chi connectivity index (χ1) is 11.9. The van der Waals surface area contributed by atoms with Gasteiger partial charge in [0, 0.05) is 28.9 Å². The maximum Gasteiger partial charge on any atom is 0.257 e. The molecular formula is C18H21FN4OS. The van der Waals surface area contributed by atoms with Crippen molar-refractivity contribution in [2.75, 3.05) is 11.1 Å². The third kappa shape index (κ3) is 3.56. The molecule has 1 aliphatic rings. The van der Waals surface area contributed by atoms with Gasteiger partial charge in [-0.25, -0.2) is 4.39 Å². The number of thioether (sulfide) groups is 1. The highest BCUT2D eigenvalue weighted by Gasteiger charge is 2.35. The van der Waals surface area contributed by atoms with Gasteiger partial charge >= 0.3 is 0 Å². The molecule has 0 unspecified atom stereocenters. The lowest BCUT2D eigenvalue weighted by atomic mass is 9.84. The normalized spacial score (nSPS) is 20.2. The van der Waals surface area contributed by atoms with Crippen molar-refractivity contribution in [3.05, 3.63) is 53.1 Å². The van der Waals surface area contributed by atoms with Crippen LogP contribution in [0.4, 0.5) is 10.1 Å². The van der Waals surface area contributed by atoms with Gasteiger partial charge in [0.1, 0.15) is 5.82 Å². The van der Waals surface area contributed by atoms with Crippen molar-refractivity contribution in [3.63, 3.8) is 0 Å². The van der Waals surface area contributed by atoms with E-state index in [2.05, 4.69) is 15.3 Å². The molecule has 0 spiro atoms. The number of nitrogens with two attached hydrogens (primary N) is 1. The van der Waals surface area contributed by atoms with E-state index >= 15 is 0 Å². The highest BCUT2D eigenvalue weighted by Crippen LogP contribution is 2.40. The number of amidine groups is 1. The SMILES string of the molecule is CC[C@@]1(c2cc(NC(=O)c3c[nH]c(C)c3)ccc2F)CCSC(N)=N1. The van der Waals surface area contributed by atoms with Crippen molar-refractivity contribution in [3.8, 4) is 0 Å². The van der Waals surface area contributed by atoms with E-state index in [0.717, 1.165) is 11.4 Å². The van der Waals surface area contributed by atoms with Crippen LogP contribution in [0, 0.1) is 12.7 Å². The summed E-state index contributed by atoms with van der Waals surface area (Å²) in [6.45, 7) is 3.85. The Hall–Kier alpha value is -2.28. The quantitative estimate of drug-likeness (QED) is 0.776. The number of hydrogen-bond acceptors (Lipinski definition) is 4. The molecule has 2 aromatic rings. The van der Waals surface area contributed by atoms with Gasteiger partial charge in [-0.15, -0.1) is 0 Å². The number of H-pyrrole nitrogens is 1. The van der Waals surface area contributed by atoms with E-state index in [1.165, 1.54) is 17.8 Å². The zero-order valence-corrected chi connectivity index (χ0v) is 15.0. The van der Waals surface area contributed by atoms with E-state index in [9.17, 15) is 9.18 Å². The van der Waals surface area contributed by atoms with E-state index in [4.69, 9.17) is 5.73 Å². The summed E-state index contributed by atoms with van der Waals surface area (Å²) in [6, 6.07) is 6.36. The molecule has 1 aromatic heterocycles. The number of aryl methyl sites for hydroxylation is 1. The second kappa shape index (κ2) is 6.92. The van der Waals surface area contributed by atoms with Crippen molar-refractivity contribution < 1.29 is 9.18 Å². The van der Waals surface area contributed by atoms with Crippen LogP contribution in [0.25, 0.3) is 0 Å². The van der Waals surface area contributed by atoms with Gasteiger partial charge in [0.15, 0.2) is 5.17 Å². The maximum atomic E-state index is 14.5. The van der Waals surface area contributed by atoms with E-state index < -0.39 is 5.54 Å². The van der Waals surface area contributed by atoms with Gasteiger partial charge in [-0.2, -0.15) is 0 Å². The largest absolute Gasteiger partial charge is 0.379 e. The van der Waals surface area contributed by atoms with Crippen LogP contribution in [0.5, 0.6) is 0 Å². The Labute approximate surface area is 150 Å². The molecule has 4 N–H and O–H groups in total. The first-order valence-corrected chi connectivity index (χ1v) is 9.16. The molecule has 25 heavy (non-hydrogen) atoms. The highest BCUT2D eigenvalue weighted by atomic mass is 32.2. The molecule has 7 heteroatoms. The Balaban J connectivity index is 1.93. The second-order valence-electron chi connectivity index (χ2n) is 6.15. The summed E-state index contributed by atoms with van der Waals surface area (Å²) < 4.78 is 14.5. The van der Waals surface area contributed by atoms with Crippen molar-refractivity contribution in [2.45, 2.75) is 32.2 Å². The Morgan fingerprint density at radius 3 is 2.92 bits per heavy atom. The molecule has 0 fully saturated rings. The Morgan fingerprint density at radius 2 is 2.28 bits per heavy atom. The van der Waals surface area contributed by atoms with Crippen LogP contribution in [0.3, 0.4) is 0 Å². The van der Waals surface area contributed by atoms with E-state index in [1.54, 1.807) is 24.4 Å². The molecule has 5 nitrogen and oxygen atoms in total. The first-order valence-electron chi connectivity index (χ1n) is 8.18. The predicted octanol–water partition coefficient (Wildman–Crippen LogP) is 3.77. The van der Waals surface area contributed by atoms with Gasteiger partial charge in [-0.3, -0.25) is 9.79 Å². The number of aromatic amines is 1. The number of nitrogens with zero attached hydrogens (tertiary/aromatic N) is 1. The number of carbonyl (C=O) groups excluding carboxylic acids is 1.